The minimum Gasteiger partial charge on any atom is -0.364 e. The molecule has 0 aliphatic heterocycles. The van der Waals surface area contributed by atoms with Gasteiger partial charge < -0.3 is 9.84 Å². The van der Waals surface area contributed by atoms with Gasteiger partial charge in [-0.25, -0.2) is 8.42 Å². The van der Waals surface area contributed by atoms with Gasteiger partial charge in [0.15, 0.2) is 6.29 Å². The maximum atomic E-state index is 11.0. The lowest BCUT2D eigenvalue weighted by molar-refractivity contribution is -0.0770. The second-order valence-corrected chi connectivity index (χ2v) is 6.65. The quantitative estimate of drug-likeness (QED) is 0.659. The minimum absolute atomic E-state index is 0.0165. The van der Waals surface area contributed by atoms with E-state index in [2.05, 4.69) is 4.74 Å². The summed E-state index contributed by atoms with van der Waals surface area (Å²) in [7, 11) is 2.76. The summed E-state index contributed by atoms with van der Waals surface area (Å²) in [5, 5.41) is 9.34. The molecule has 0 radical (unpaired) electrons. The normalized spacial score (nSPS) is 14.3. The Balaban J connectivity index is 3.18. The number of aliphatic hydroxyl groups is 1. The van der Waals surface area contributed by atoms with E-state index in [0.717, 1.165) is 11.3 Å². The molecule has 0 spiro atoms. The maximum absolute atomic E-state index is 11.0. The second kappa shape index (κ2) is 4.16. The Morgan fingerprint density at radius 1 is 1.64 bits per heavy atom. The van der Waals surface area contributed by atoms with Crippen molar-refractivity contribution in [2.75, 3.05) is 7.11 Å². The lowest BCUT2D eigenvalue weighted by Crippen LogP contribution is -1.98. The number of rotatable bonds is 3. The van der Waals surface area contributed by atoms with Crippen molar-refractivity contribution in [2.24, 2.45) is 0 Å². The van der Waals surface area contributed by atoms with Gasteiger partial charge in [0.2, 0.25) is 0 Å². The fourth-order valence-electron chi connectivity index (χ4n) is 0.960. The van der Waals surface area contributed by atoms with Crippen LogP contribution in [0.3, 0.4) is 0 Å². The van der Waals surface area contributed by atoms with Gasteiger partial charge in [-0.1, -0.05) is 0 Å². The number of hydrogen-bond donors (Lipinski definition) is 1. The Morgan fingerprint density at radius 3 is 2.57 bits per heavy atom. The largest absolute Gasteiger partial charge is 0.364 e. The van der Waals surface area contributed by atoms with Crippen molar-refractivity contribution < 1.29 is 18.3 Å². The van der Waals surface area contributed by atoms with Crippen LogP contribution in [0.5, 0.6) is 0 Å². The molecule has 0 amide bonds. The van der Waals surface area contributed by atoms with Gasteiger partial charge in [0, 0.05) is 28.2 Å². The number of aliphatic hydroxyl groups excluding tert-OH is 1. The predicted molar refractivity (Wildman–Crippen MR) is 54.1 cm³/mol. The van der Waals surface area contributed by atoms with Crippen LogP contribution in [0.2, 0.25) is 0 Å². The Bertz CT molecular complexity index is 423. The maximum Gasteiger partial charge on any atom is 0.270 e. The topological polar surface area (TPSA) is 63.6 Å². The summed E-state index contributed by atoms with van der Waals surface area (Å²) in [5.41, 5.74) is 0.428. The highest BCUT2D eigenvalue weighted by molar-refractivity contribution is 8.15. The zero-order valence-electron chi connectivity index (χ0n) is 7.52. The SMILES string of the molecule is COC(O)c1cc(S(=O)(=O)Cl)sc1C. The van der Waals surface area contributed by atoms with Crippen molar-refractivity contribution in [1.82, 2.24) is 0 Å². The first kappa shape index (κ1) is 11.9. The van der Waals surface area contributed by atoms with Crippen LogP contribution in [0.4, 0.5) is 0 Å². The third-order valence-corrected chi connectivity index (χ3v) is 4.80. The van der Waals surface area contributed by atoms with Crippen LogP contribution in [0.1, 0.15) is 16.7 Å². The average molecular weight is 257 g/mol. The van der Waals surface area contributed by atoms with Gasteiger partial charge in [-0.15, -0.1) is 11.3 Å². The van der Waals surface area contributed by atoms with Crippen LogP contribution in [0.15, 0.2) is 10.3 Å². The average Bonchev–Trinajstić information content (AvgIpc) is 2.45. The molecule has 1 rings (SSSR count). The first-order valence-electron chi connectivity index (χ1n) is 3.62. The van der Waals surface area contributed by atoms with E-state index in [0.29, 0.717) is 10.4 Å². The summed E-state index contributed by atoms with van der Waals surface area (Å²) < 4.78 is 26.6. The standard InChI is InChI=1S/C7H9ClO4S2/c1-4-5(7(9)12-2)3-6(13-4)14(8,10)11/h3,7,9H,1-2H3. The highest BCUT2D eigenvalue weighted by atomic mass is 35.7. The van der Waals surface area contributed by atoms with E-state index in [-0.39, 0.29) is 4.21 Å². The van der Waals surface area contributed by atoms with E-state index >= 15 is 0 Å². The second-order valence-electron chi connectivity index (χ2n) is 2.60. The summed E-state index contributed by atoms with van der Waals surface area (Å²) in [5.74, 6) is 0. The van der Waals surface area contributed by atoms with Crippen LogP contribution >= 0.6 is 22.0 Å². The summed E-state index contributed by atoms with van der Waals surface area (Å²) in [6.07, 6.45) is -1.11. The molecule has 4 nitrogen and oxygen atoms in total. The van der Waals surface area contributed by atoms with Crippen molar-refractivity contribution in [3.05, 3.63) is 16.5 Å². The van der Waals surface area contributed by atoms with E-state index in [1.807, 2.05) is 0 Å². The number of thiophene rings is 1. The van der Waals surface area contributed by atoms with Crippen molar-refractivity contribution in [3.63, 3.8) is 0 Å². The Labute approximate surface area is 90.5 Å². The summed E-state index contributed by atoms with van der Waals surface area (Å²) in [6, 6.07) is 1.32. The zero-order chi connectivity index (χ0) is 10.9. The smallest absolute Gasteiger partial charge is 0.270 e. The molecule has 1 atom stereocenters. The predicted octanol–water partition coefficient (Wildman–Crippen LogP) is 1.62. The fraction of sp³-hybridized carbons (Fsp3) is 0.429. The molecule has 0 saturated carbocycles. The van der Waals surface area contributed by atoms with Gasteiger partial charge >= 0.3 is 0 Å². The van der Waals surface area contributed by atoms with Gasteiger partial charge in [0.25, 0.3) is 9.05 Å². The van der Waals surface area contributed by atoms with Gasteiger partial charge in [-0.2, -0.15) is 0 Å². The third-order valence-electron chi connectivity index (χ3n) is 1.66. The first-order valence-corrected chi connectivity index (χ1v) is 6.74. The number of halogens is 1. The number of ether oxygens (including phenoxy) is 1. The summed E-state index contributed by atoms with van der Waals surface area (Å²) in [4.78, 5) is 0.665. The molecular formula is C7H9ClO4S2. The van der Waals surface area contributed by atoms with E-state index < -0.39 is 15.3 Å². The molecular weight excluding hydrogens is 248 g/mol. The molecule has 1 unspecified atom stereocenters. The molecule has 0 aliphatic rings. The molecule has 0 bridgehead atoms. The Morgan fingerprint density at radius 2 is 2.21 bits per heavy atom. The highest BCUT2D eigenvalue weighted by Gasteiger charge is 2.19. The molecule has 0 aromatic carbocycles. The zero-order valence-corrected chi connectivity index (χ0v) is 9.91. The van der Waals surface area contributed by atoms with Crippen molar-refractivity contribution >= 4 is 31.1 Å². The third kappa shape index (κ3) is 2.46. The molecule has 14 heavy (non-hydrogen) atoms. The van der Waals surface area contributed by atoms with Crippen LogP contribution < -0.4 is 0 Å². The molecule has 0 aliphatic carbocycles. The monoisotopic (exact) mass is 256 g/mol. The van der Waals surface area contributed by atoms with Crippen LogP contribution in [-0.4, -0.2) is 20.6 Å². The summed E-state index contributed by atoms with van der Waals surface area (Å²) >= 11 is 1.01. The van der Waals surface area contributed by atoms with Gasteiger partial charge in [-0.05, 0) is 13.0 Å². The minimum atomic E-state index is -3.72. The lowest BCUT2D eigenvalue weighted by Gasteiger charge is -2.06. The van der Waals surface area contributed by atoms with Crippen LogP contribution in [0, 0.1) is 6.92 Å². The van der Waals surface area contributed by atoms with Crippen LogP contribution in [-0.2, 0) is 13.8 Å². The van der Waals surface area contributed by atoms with Gasteiger partial charge in [-0.3, -0.25) is 0 Å². The van der Waals surface area contributed by atoms with Gasteiger partial charge in [0.1, 0.15) is 4.21 Å². The first-order chi connectivity index (χ1) is 6.36. The highest BCUT2D eigenvalue weighted by Crippen LogP contribution is 2.31. The fourth-order valence-corrected chi connectivity index (χ4v) is 3.18. The van der Waals surface area contributed by atoms with Crippen LogP contribution in [0.25, 0.3) is 0 Å². The number of aryl methyl sites for hydroxylation is 1. The van der Waals surface area contributed by atoms with Gasteiger partial charge in [0.05, 0.1) is 0 Å². The molecule has 1 aromatic rings. The Kier molecular flexibility index (Phi) is 3.54. The number of hydrogen-bond acceptors (Lipinski definition) is 5. The molecule has 80 valence electrons. The molecule has 0 saturated heterocycles. The summed E-state index contributed by atoms with van der Waals surface area (Å²) in [6.45, 7) is 1.69. The van der Waals surface area contributed by atoms with Crippen molar-refractivity contribution in [3.8, 4) is 0 Å². The van der Waals surface area contributed by atoms with E-state index in [4.69, 9.17) is 10.7 Å². The molecule has 0 fully saturated rings. The van der Waals surface area contributed by atoms with E-state index in [9.17, 15) is 13.5 Å². The van der Waals surface area contributed by atoms with Crippen molar-refractivity contribution in [1.29, 1.82) is 0 Å². The lowest BCUT2D eigenvalue weighted by atomic mass is 10.2. The molecule has 1 heterocycles. The molecule has 7 heteroatoms. The molecule has 1 aromatic heterocycles. The van der Waals surface area contributed by atoms with E-state index in [1.54, 1.807) is 6.92 Å². The van der Waals surface area contributed by atoms with E-state index in [1.165, 1.54) is 13.2 Å². The van der Waals surface area contributed by atoms with Crippen molar-refractivity contribution in [2.45, 2.75) is 17.4 Å². The Hall–Kier alpha value is -0.140. The number of methoxy groups -OCH3 is 1. The molecule has 1 N–H and O–H groups in total.